The van der Waals surface area contributed by atoms with Crippen molar-refractivity contribution in [3.05, 3.63) is 71.5 Å². The van der Waals surface area contributed by atoms with Crippen molar-refractivity contribution in [2.45, 2.75) is 25.2 Å². The molecule has 8 heteroatoms. The van der Waals surface area contributed by atoms with Crippen molar-refractivity contribution in [2.24, 2.45) is 0 Å². The highest BCUT2D eigenvalue weighted by molar-refractivity contribution is 6.06. The van der Waals surface area contributed by atoms with E-state index >= 15 is 0 Å². The highest BCUT2D eigenvalue weighted by Gasteiger charge is 2.23. The van der Waals surface area contributed by atoms with Gasteiger partial charge in [-0.15, -0.1) is 0 Å². The molecule has 0 saturated carbocycles. The molecule has 0 aliphatic carbocycles. The van der Waals surface area contributed by atoms with Crippen molar-refractivity contribution < 1.29 is 19.1 Å². The second-order valence-electron chi connectivity index (χ2n) is 9.46. The van der Waals surface area contributed by atoms with Gasteiger partial charge in [0, 0.05) is 35.2 Å². The number of carbonyl (C=O) groups is 2. The minimum absolute atomic E-state index is 0.0926. The van der Waals surface area contributed by atoms with E-state index < -0.39 is 0 Å². The quantitative estimate of drug-likeness (QED) is 0.273. The van der Waals surface area contributed by atoms with Crippen molar-refractivity contribution >= 4 is 33.7 Å². The maximum absolute atomic E-state index is 12.9. The Morgan fingerprint density at radius 1 is 1.08 bits per heavy atom. The number of nitrogens with zero attached hydrogens (tertiary/aromatic N) is 2. The summed E-state index contributed by atoms with van der Waals surface area (Å²) in [5.41, 5.74) is 4.27. The fourth-order valence-corrected chi connectivity index (χ4v) is 5.24. The molecule has 192 valence electrons. The van der Waals surface area contributed by atoms with E-state index in [1.807, 2.05) is 30.3 Å². The Kier molecular flexibility index (Phi) is 7.37. The van der Waals surface area contributed by atoms with Crippen LogP contribution in [-0.2, 0) is 4.74 Å². The van der Waals surface area contributed by atoms with Crippen molar-refractivity contribution in [3.63, 3.8) is 0 Å². The number of esters is 1. The van der Waals surface area contributed by atoms with Gasteiger partial charge in [0.1, 0.15) is 5.75 Å². The number of H-pyrrole nitrogens is 1. The van der Waals surface area contributed by atoms with Gasteiger partial charge in [-0.1, -0.05) is 0 Å². The van der Waals surface area contributed by atoms with Crippen LogP contribution in [-0.4, -0.2) is 67.1 Å². The van der Waals surface area contributed by atoms with Gasteiger partial charge in [-0.3, -0.25) is 9.78 Å². The van der Waals surface area contributed by atoms with Crippen LogP contribution in [0.25, 0.3) is 21.8 Å². The molecule has 2 N–H and O–H groups in total. The SMILES string of the molecule is COC(=O)c1ccc2[nH]cc(C3CCN(CCCNC(=O)c4ccnc5ccc(OC)cc45)CC3)c2c1. The van der Waals surface area contributed by atoms with Gasteiger partial charge in [-0.2, -0.15) is 0 Å². The van der Waals surface area contributed by atoms with Crippen molar-refractivity contribution in [1.29, 1.82) is 0 Å². The number of amides is 1. The smallest absolute Gasteiger partial charge is 0.337 e. The molecule has 0 bridgehead atoms. The topological polar surface area (TPSA) is 96.6 Å². The number of benzene rings is 2. The molecule has 0 radical (unpaired) electrons. The fourth-order valence-electron chi connectivity index (χ4n) is 5.24. The van der Waals surface area contributed by atoms with Crippen LogP contribution < -0.4 is 10.1 Å². The summed E-state index contributed by atoms with van der Waals surface area (Å²) in [7, 11) is 3.02. The molecule has 1 fully saturated rings. The summed E-state index contributed by atoms with van der Waals surface area (Å²) >= 11 is 0. The zero-order valence-corrected chi connectivity index (χ0v) is 21.3. The molecular formula is C29H32N4O4. The fraction of sp³-hybridized carbons (Fsp3) is 0.345. The first-order valence-electron chi connectivity index (χ1n) is 12.7. The van der Waals surface area contributed by atoms with Crippen molar-refractivity contribution in [3.8, 4) is 5.75 Å². The molecule has 0 spiro atoms. The summed E-state index contributed by atoms with van der Waals surface area (Å²) in [5, 5.41) is 4.95. The van der Waals surface area contributed by atoms with Crippen LogP contribution in [0.3, 0.4) is 0 Å². The first kappa shape index (κ1) is 24.8. The molecule has 4 aromatic rings. The van der Waals surface area contributed by atoms with Crippen LogP contribution in [0.4, 0.5) is 0 Å². The molecule has 2 aromatic carbocycles. The van der Waals surface area contributed by atoms with Gasteiger partial charge >= 0.3 is 5.97 Å². The van der Waals surface area contributed by atoms with Gasteiger partial charge in [0.25, 0.3) is 5.91 Å². The minimum Gasteiger partial charge on any atom is -0.497 e. The maximum atomic E-state index is 12.9. The number of piperidine rings is 1. The first-order valence-corrected chi connectivity index (χ1v) is 12.7. The van der Waals surface area contributed by atoms with Crippen LogP contribution in [0, 0.1) is 0 Å². The second kappa shape index (κ2) is 11.0. The Balaban J connectivity index is 1.12. The molecule has 1 aliphatic heterocycles. The predicted octanol–water partition coefficient (Wildman–Crippen LogP) is 4.51. The molecule has 1 amide bonds. The summed E-state index contributed by atoms with van der Waals surface area (Å²) in [6.07, 6.45) is 6.76. The average molecular weight is 501 g/mol. The third-order valence-electron chi connectivity index (χ3n) is 7.29. The van der Waals surface area contributed by atoms with Crippen molar-refractivity contribution in [1.82, 2.24) is 20.2 Å². The van der Waals surface area contributed by atoms with E-state index in [1.165, 1.54) is 12.7 Å². The zero-order chi connectivity index (χ0) is 25.8. The molecule has 1 saturated heterocycles. The number of aromatic nitrogens is 2. The summed E-state index contributed by atoms with van der Waals surface area (Å²) < 4.78 is 10.2. The first-order chi connectivity index (χ1) is 18.1. The number of nitrogens with one attached hydrogen (secondary N) is 2. The lowest BCUT2D eigenvalue weighted by Crippen LogP contribution is -2.35. The third kappa shape index (κ3) is 5.29. The normalized spacial score (nSPS) is 14.6. The van der Waals surface area contributed by atoms with E-state index in [9.17, 15) is 9.59 Å². The van der Waals surface area contributed by atoms with Crippen LogP contribution in [0.2, 0.25) is 0 Å². The Bertz CT molecular complexity index is 1420. The van der Waals surface area contributed by atoms with Gasteiger partial charge in [0.15, 0.2) is 0 Å². The highest BCUT2D eigenvalue weighted by atomic mass is 16.5. The van der Waals surface area contributed by atoms with Gasteiger partial charge in [-0.05, 0) is 92.8 Å². The van der Waals surface area contributed by atoms with E-state index in [4.69, 9.17) is 9.47 Å². The van der Waals surface area contributed by atoms with E-state index in [0.29, 0.717) is 29.3 Å². The molecule has 37 heavy (non-hydrogen) atoms. The molecule has 1 aliphatic rings. The molecular weight excluding hydrogens is 468 g/mol. The monoisotopic (exact) mass is 500 g/mol. The summed E-state index contributed by atoms with van der Waals surface area (Å²) in [4.78, 5) is 35.0. The Morgan fingerprint density at radius 3 is 2.70 bits per heavy atom. The number of hydrogen-bond acceptors (Lipinski definition) is 6. The molecule has 3 heterocycles. The lowest BCUT2D eigenvalue weighted by Gasteiger charge is -2.32. The number of carbonyl (C=O) groups excluding carboxylic acids is 2. The number of pyridine rings is 1. The molecule has 5 rings (SSSR count). The summed E-state index contributed by atoms with van der Waals surface area (Å²) in [6, 6.07) is 13.0. The number of hydrogen-bond donors (Lipinski definition) is 2. The number of fused-ring (bicyclic) bond motifs is 2. The van der Waals surface area contributed by atoms with E-state index in [0.717, 1.165) is 60.7 Å². The molecule has 0 unspecified atom stereocenters. The standard InChI is InChI=1S/C29H32N4O4/c1-36-21-5-7-26-24(17-21)22(8-12-30-26)28(34)31-11-3-13-33-14-9-19(10-15-33)25-18-32-27-6-4-20(16-23(25)27)29(35)37-2/h4-8,12,16-19,32H,3,9-11,13-15H2,1-2H3,(H,31,34). The average Bonchev–Trinajstić information content (AvgIpc) is 3.37. The lowest BCUT2D eigenvalue weighted by atomic mass is 9.89. The second-order valence-corrected chi connectivity index (χ2v) is 9.46. The van der Waals surface area contributed by atoms with E-state index in [-0.39, 0.29) is 11.9 Å². The van der Waals surface area contributed by atoms with Crippen LogP contribution in [0.1, 0.15) is 51.5 Å². The van der Waals surface area contributed by atoms with Gasteiger partial charge < -0.3 is 24.7 Å². The van der Waals surface area contributed by atoms with Crippen LogP contribution >= 0.6 is 0 Å². The Morgan fingerprint density at radius 2 is 1.92 bits per heavy atom. The number of ether oxygens (including phenoxy) is 2. The molecule has 0 atom stereocenters. The number of likely N-dealkylation sites (tertiary alicyclic amines) is 1. The van der Waals surface area contributed by atoms with E-state index in [1.54, 1.807) is 25.4 Å². The molecule has 8 nitrogen and oxygen atoms in total. The number of aromatic amines is 1. The highest BCUT2D eigenvalue weighted by Crippen LogP contribution is 2.33. The Labute approximate surface area is 216 Å². The van der Waals surface area contributed by atoms with Crippen LogP contribution in [0.15, 0.2) is 54.9 Å². The summed E-state index contributed by atoms with van der Waals surface area (Å²) in [6.45, 7) is 3.58. The van der Waals surface area contributed by atoms with Gasteiger partial charge in [0.2, 0.25) is 0 Å². The predicted molar refractivity (Wildman–Crippen MR) is 143 cm³/mol. The molecule has 2 aromatic heterocycles. The van der Waals surface area contributed by atoms with Gasteiger partial charge in [0.05, 0.1) is 30.9 Å². The van der Waals surface area contributed by atoms with E-state index in [2.05, 4.69) is 26.4 Å². The summed E-state index contributed by atoms with van der Waals surface area (Å²) in [5.74, 6) is 0.752. The van der Waals surface area contributed by atoms with Gasteiger partial charge in [-0.25, -0.2) is 4.79 Å². The Hall–Kier alpha value is -3.91. The maximum Gasteiger partial charge on any atom is 0.337 e. The number of rotatable bonds is 8. The minimum atomic E-state index is -0.312. The van der Waals surface area contributed by atoms with Crippen LogP contribution in [0.5, 0.6) is 5.75 Å². The largest absolute Gasteiger partial charge is 0.497 e. The number of methoxy groups -OCH3 is 2. The lowest BCUT2D eigenvalue weighted by molar-refractivity contribution is 0.0600. The third-order valence-corrected chi connectivity index (χ3v) is 7.29. The van der Waals surface area contributed by atoms with Crippen molar-refractivity contribution in [2.75, 3.05) is 40.4 Å². The zero-order valence-electron chi connectivity index (χ0n) is 21.3.